The lowest BCUT2D eigenvalue weighted by molar-refractivity contribution is -0.116. The average Bonchev–Trinajstić information content (AvgIpc) is 3.25. The van der Waals surface area contributed by atoms with Gasteiger partial charge < -0.3 is 9.88 Å². The van der Waals surface area contributed by atoms with Gasteiger partial charge in [-0.15, -0.1) is 0 Å². The van der Waals surface area contributed by atoms with Gasteiger partial charge in [0.25, 0.3) is 0 Å². The summed E-state index contributed by atoms with van der Waals surface area (Å²) in [4.78, 5) is 17.8. The van der Waals surface area contributed by atoms with Crippen molar-refractivity contribution in [1.29, 1.82) is 0 Å². The Morgan fingerprint density at radius 3 is 2.45 bits per heavy atom. The van der Waals surface area contributed by atoms with Gasteiger partial charge >= 0.3 is 0 Å². The molecule has 0 bridgehead atoms. The maximum Gasteiger partial charge on any atom is 0.245 e. The molecule has 29 heavy (non-hydrogen) atoms. The zero-order valence-corrected chi connectivity index (χ0v) is 18.3. The molecule has 2 aromatic heterocycles. The lowest BCUT2D eigenvalue weighted by Gasteiger charge is -2.23. The molecule has 3 aromatic rings. The molecule has 4 rings (SSSR count). The number of anilines is 1. The third kappa shape index (κ3) is 3.93. The third-order valence-electron chi connectivity index (χ3n) is 5.31. The van der Waals surface area contributed by atoms with E-state index in [2.05, 4.69) is 51.4 Å². The number of hydrogen-bond acceptors (Lipinski definition) is 3. The van der Waals surface area contributed by atoms with E-state index in [0.717, 1.165) is 41.2 Å². The van der Waals surface area contributed by atoms with Crippen LogP contribution in [0.5, 0.6) is 0 Å². The summed E-state index contributed by atoms with van der Waals surface area (Å²) >= 11 is 0. The molecule has 0 saturated heterocycles. The summed E-state index contributed by atoms with van der Waals surface area (Å²) in [7, 11) is 0. The van der Waals surface area contributed by atoms with E-state index in [1.54, 1.807) is 0 Å². The van der Waals surface area contributed by atoms with Gasteiger partial charge in [0.05, 0.1) is 22.3 Å². The van der Waals surface area contributed by atoms with Gasteiger partial charge in [-0.3, -0.25) is 4.79 Å². The number of hydrogen-bond donors (Lipinski definition) is 1. The molecule has 0 radical (unpaired) electrons. The van der Waals surface area contributed by atoms with Crippen molar-refractivity contribution >= 4 is 22.8 Å². The molecule has 1 saturated carbocycles. The van der Waals surface area contributed by atoms with Crippen molar-refractivity contribution in [2.75, 3.05) is 5.32 Å². The van der Waals surface area contributed by atoms with E-state index in [-0.39, 0.29) is 23.4 Å². The summed E-state index contributed by atoms with van der Waals surface area (Å²) < 4.78 is 3.99. The topological polar surface area (TPSA) is 64.7 Å². The van der Waals surface area contributed by atoms with E-state index < -0.39 is 0 Å². The summed E-state index contributed by atoms with van der Waals surface area (Å²) in [5, 5.41) is 7.90. The molecular formula is C23H31N5O. The zero-order chi connectivity index (χ0) is 21.0. The van der Waals surface area contributed by atoms with Crippen LogP contribution in [-0.2, 0) is 22.3 Å². The number of carbonyl (C=O) groups is 1. The number of carbonyl (C=O) groups excluding carboxylic acids is 1. The Labute approximate surface area is 172 Å². The first-order valence-electron chi connectivity index (χ1n) is 10.4. The van der Waals surface area contributed by atoms with Crippen LogP contribution in [0.25, 0.3) is 11.0 Å². The van der Waals surface area contributed by atoms with Crippen molar-refractivity contribution in [2.24, 2.45) is 0 Å². The zero-order valence-electron chi connectivity index (χ0n) is 18.3. The first kappa shape index (κ1) is 19.7. The van der Waals surface area contributed by atoms with Gasteiger partial charge in [-0.05, 0) is 45.7 Å². The number of imidazole rings is 1. The minimum atomic E-state index is -0.229. The van der Waals surface area contributed by atoms with E-state index in [1.807, 2.05) is 35.0 Å². The minimum absolute atomic E-state index is 0.0547. The van der Waals surface area contributed by atoms with Gasteiger partial charge in [0.2, 0.25) is 5.91 Å². The molecule has 154 valence electrons. The van der Waals surface area contributed by atoms with Crippen LogP contribution in [-0.4, -0.2) is 25.2 Å². The smallest absolute Gasteiger partial charge is 0.245 e. The maximum absolute atomic E-state index is 13.1. The lowest BCUT2D eigenvalue weighted by atomic mass is 9.92. The second kappa shape index (κ2) is 6.71. The highest BCUT2D eigenvalue weighted by atomic mass is 16.2. The normalized spacial score (nSPS) is 15.1. The van der Waals surface area contributed by atoms with Gasteiger partial charge in [0.1, 0.15) is 18.2 Å². The number of nitrogens with one attached hydrogen (secondary N) is 1. The Morgan fingerprint density at radius 2 is 1.83 bits per heavy atom. The van der Waals surface area contributed by atoms with Crippen LogP contribution >= 0.6 is 0 Å². The molecule has 1 aromatic carbocycles. The predicted molar refractivity (Wildman–Crippen MR) is 116 cm³/mol. The van der Waals surface area contributed by atoms with Gasteiger partial charge in [-0.1, -0.05) is 32.9 Å². The molecule has 0 aliphatic heterocycles. The maximum atomic E-state index is 13.1. The Kier molecular flexibility index (Phi) is 4.56. The summed E-state index contributed by atoms with van der Waals surface area (Å²) in [5.41, 5.74) is 2.62. The fourth-order valence-electron chi connectivity index (χ4n) is 3.59. The van der Waals surface area contributed by atoms with Crippen molar-refractivity contribution in [1.82, 2.24) is 19.3 Å². The second-order valence-electron chi connectivity index (χ2n) is 10.1. The lowest BCUT2D eigenvalue weighted by Crippen LogP contribution is -2.28. The first-order valence-corrected chi connectivity index (χ1v) is 10.4. The van der Waals surface area contributed by atoms with Crippen LogP contribution in [0.15, 0.2) is 30.3 Å². The van der Waals surface area contributed by atoms with Crippen molar-refractivity contribution in [2.45, 2.75) is 77.8 Å². The van der Waals surface area contributed by atoms with Gasteiger partial charge in [-0.2, -0.15) is 5.10 Å². The SMILES string of the molecule is CC(C)(C)c1cc(NC(=O)Cn2c(C3CC3)nc3ccccc32)n(C(C)(C)C)n1. The average molecular weight is 394 g/mol. The third-order valence-corrected chi connectivity index (χ3v) is 5.31. The fourth-order valence-corrected chi connectivity index (χ4v) is 3.59. The molecule has 1 amide bonds. The van der Waals surface area contributed by atoms with Crippen molar-refractivity contribution in [3.63, 3.8) is 0 Å². The highest BCUT2D eigenvalue weighted by Crippen LogP contribution is 2.40. The van der Waals surface area contributed by atoms with Crippen LogP contribution in [0.3, 0.4) is 0 Å². The van der Waals surface area contributed by atoms with Gasteiger partial charge in [0.15, 0.2) is 0 Å². The predicted octanol–water partition coefficient (Wildman–Crippen LogP) is 4.80. The number of amides is 1. The van der Waals surface area contributed by atoms with Crippen LogP contribution in [0.2, 0.25) is 0 Å². The quantitative estimate of drug-likeness (QED) is 0.692. The summed E-state index contributed by atoms with van der Waals surface area (Å²) in [6, 6.07) is 10.0. The number of para-hydroxylation sites is 2. The fraction of sp³-hybridized carbons (Fsp3) is 0.522. The summed E-state index contributed by atoms with van der Waals surface area (Å²) in [5.74, 6) is 2.19. The molecule has 0 unspecified atom stereocenters. The van der Waals surface area contributed by atoms with E-state index >= 15 is 0 Å². The highest BCUT2D eigenvalue weighted by Gasteiger charge is 2.31. The number of benzene rings is 1. The molecule has 0 spiro atoms. The van der Waals surface area contributed by atoms with Crippen LogP contribution < -0.4 is 5.32 Å². The number of fused-ring (bicyclic) bond motifs is 1. The molecule has 2 heterocycles. The molecule has 0 atom stereocenters. The van der Waals surface area contributed by atoms with Gasteiger partial charge in [-0.25, -0.2) is 9.67 Å². The highest BCUT2D eigenvalue weighted by molar-refractivity contribution is 5.91. The number of rotatable bonds is 4. The summed E-state index contributed by atoms with van der Waals surface area (Å²) in [6.07, 6.45) is 2.30. The standard InChI is InChI=1S/C23H31N5O/c1-22(2,3)18-13-19(28(26-18)23(4,5)6)25-20(29)14-27-17-10-8-7-9-16(17)24-21(27)15-11-12-15/h7-10,13,15H,11-12,14H2,1-6H3,(H,25,29). The minimum Gasteiger partial charge on any atom is -0.318 e. The molecule has 1 aliphatic carbocycles. The molecule has 1 aliphatic rings. The first-order chi connectivity index (χ1) is 13.5. The molecule has 1 N–H and O–H groups in total. The summed E-state index contributed by atoms with van der Waals surface area (Å²) in [6.45, 7) is 12.9. The van der Waals surface area contributed by atoms with Crippen LogP contribution in [0, 0.1) is 0 Å². The Hall–Kier alpha value is -2.63. The largest absolute Gasteiger partial charge is 0.318 e. The Balaban J connectivity index is 1.64. The van der Waals surface area contributed by atoms with E-state index in [1.165, 1.54) is 0 Å². The Morgan fingerprint density at radius 1 is 1.14 bits per heavy atom. The van der Waals surface area contributed by atoms with E-state index in [0.29, 0.717) is 5.92 Å². The monoisotopic (exact) mass is 393 g/mol. The van der Waals surface area contributed by atoms with Crippen molar-refractivity contribution in [3.05, 3.63) is 41.9 Å². The number of nitrogens with zero attached hydrogens (tertiary/aromatic N) is 4. The molecule has 6 nitrogen and oxygen atoms in total. The van der Waals surface area contributed by atoms with Crippen molar-refractivity contribution in [3.8, 4) is 0 Å². The van der Waals surface area contributed by atoms with Crippen molar-refractivity contribution < 1.29 is 4.79 Å². The van der Waals surface area contributed by atoms with Gasteiger partial charge in [0, 0.05) is 17.4 Å². The van der Waals surface area contributed by atoms with E-state index in [9.17, 15) is 4.79 Å². The van der Waals surface area contributed by atoms with Crippen LogP contribution in [0.1, 0.15) is 71.8 Å². The Bertz CT molecular complexity index is 1060. The van der Waals surface area contributed by atoms with Crippen LogP contribution in [0.4, 0.5) is 5.82 Å². The number of aromatic nitrogens is 4. The molecule has 1 fully saturated rings. The molecular weight excluding hydrogens is 362 g/mol. The van der Waals surface area contributed by atoms with E-state index in [4.69, 9.17) is 10.1 Å². The molecule has 6 heteroatoms. The second-order valence-corrected chi connectivity index (χ2v) is 10.1.